The Bertz CT molecular complexity index is 1290. The molecule has 0 saturated heterocycles. The number of aliphatic hydroxyl groups is 1. The van der Waals surface area contributed by atoms with Gasteiger partial charge in [-0.1, -0.05) is 80.6 Å². The number of carboxylic acids is 1. The van der Waals surface area contributed by atoms with E-state index in [1.54, 1.807) is 20.8 Å². The highest BCUT2D eigenvalue weighted by Gasteiger charge is 2.29. The van der Waals surface area contributed by atoms with Crippen LogP contribution < -0.4 is 5.32 Å². The number of carboxylic acid groups (broad SMARTS) is 1. The van der Waals surface area contributed by atoms with E-state index in [9.17, 15) is 24.6 Å². The lowest BCUT2D eigenvalue weighted by molar-refractivity contribution is -0.165. The SMILES string of the molecule is CC(C)CN(C[C@H](O)C(=O)OC(C)(C)C)C(=O)N[C@@H](Cc1ccc(-c2cccc3ccccc23)cc1)C(=O)O. The maximum Gasteiger partial charge on any atom is 0.337 e. The first-order chi connectivity index (χ1) is 18.3. The Labute approximate surface area is 229 Å². The molecule has 0 heterocycles. The Kier molecular flexibility index (Phi) is 9.70. The van der Waals surface area contributed by atoms with Crippen LogP contribution in [0.15, 0.2) is 66.7 Å². The molecule has 8 nitrogen and oxygen atoms in total. The number of nitrogens with zero attached hydrogens (tertiary/aromatic N) is 1. The largest absolute Gasteiger partial charge is 0.480 e. The second-order valence-corrected chi connectivity index (χ2v) is 11.1. The zero-order valence-corrected chi connectivity index (χ0v) is 23.2. The number of amides is 2. The molecule has 3 aromatic carbocycles. The Hall–Kier alpha value is -3.91. The van der Waals surface area contributed by atoms with Crippen molar-refractivity contribution in [3.05, 3.63) is 72.3 Å². The normalized spacial score (nSPS) is 13.1. The standard InChI is InChI=1S/C31H38N2O6/c1-20(2)18-33(19-27(34)29(37)39-31(3,4)5)30(38)32-26(28(35)36)17-21-13-15-23(16-14-21)25-12-8-10-22-9-6-7-11-24(22)25/h6-16,20,26-27,34H,17-19H2,1-5H3,(H,32,38)(H,35,36)/t26-,27-/m0/s1. The second-order valence-electron chi connectivity index (χ2n) is 11.1. The van der Waals surface area contributed by atoms with E-state index in [0.29, 0.717) is 0 Å². The maximum atomic E-state index is 13.1. The van der Waals surface area contributed by atoms with Gasteiger partial charge in [-0.15, -0.1) is 0 Å². The summed E-state index contributed by atoms with van der Waals surface area (Å²) in [5.41, 5.74) is 2.04. The molecule has 0 fully saturated rings. The molecule has 8 heteroatoms. The van der Waals surface area contributed by atoms with Crippen LogP contribution in [-0.4, -0.2) is 63.9 Å². The molecule has 0 saturated carbocycles. The van der Waals surface area contributed by atoms with E-state index in [1.807, 2.05) is 62.4 Å². The summed E-state index contributed by atoms with van der Waals surface area (Å²) in [6.07, 6.45) is -1.49. The van der Waals surface area contributed by atoms with Gasteiger partial charge in [0, 0.05) is 13.0 Å². The number of aliphatic carboxylic acids is 1. The average Bonchev–Trinajstić information content (AvgIpc) is 2.86. The molecule has 208 valence electrons. The van der Waals surface area contributed by atoms with Crippen molar-refractivity contribution in [1.82, 2.24) is 10.2 Å². The smallest absolute Gasteiger partial charge is 0.337 e. The highest BCUT2D eigenvalue weighted by atomic mass is 16.6. The second kappa shape index (κ2) is 12.8. The molecular weight excluding hydrogens is 496 g/mol. The van der Waals surface area contributed by atoms with Crippen molar-refractivity contribution >= 4 is 28.7 Å². The van der Waals surface area contributed by atoms with Crippen LogP contribution in [0.2, 0.25) is 0 Å². The van der Waals surface area contributed by atoms with Crippen molar-refractivity contribution in [3.63, 3.8) is 0 Å². The number of carbonyl (C=O) groups excluding carboxylic acids is 2. The van der Waals surface area contributed by atoms with Crippen LogP contribution in [-0.2, 0) is 20.7 Å². The summed E-state index contributed by atoms with van der Waals surface area (Å²) >= 11 is 0. The van der Waals surface area contributed by atoms with Crippen molar-refractivity contribution in [2.75, 3.05) is 13.1 Å². The number of hydrogen-bond acceptors (Lipinski definition) is 5. The van der Waals surface area contributed by atoms with Gasteiger partial charge < -0.3 is 25.2 Å². The number of esters is 1. The first-order valence-corrected chi connectivity index (χ1v) is 13.1. The van der Waals surface area contributed by atoms with Crippen LogP contribution in [0.25, 0.3) is 21.9 Å². The lowest BCUT2D eigenvalue weighted by Crippen LogP contribution is -2.52. The van der Waals surface area contributed by atoms with E-state index in [0.717, 1.165) is 27.5 Å². The number of nitrogens with one attached hydrogen (secondary N) is 1. The van der Waals surface area contributed by atoms with Crippen LogP contribution >= 0.6 is 0 Å². The van der Waals surface area contributed by atoms with Gasteiger partial charge in [-0.05, 0) is 54.2 Å². The average molecular weight is 535 g/mol. The Morgan fingerprint density at radius 1 is 0.923 bits per heavy atom. The van der Waals surface area contributed by atoms with Crippen molar-refractivity contribution in [2.45, 2.75) is 58.8 Å². The lowest BCUT2D eigenvalue weighted by Gasteiger charge is -2.29. The van der Waals surface area contributed by atoms with E-state index >= 15 is 0 Å². The van der Waals surface area contributed by atoms with Crippen LogP contribution in [0.4, 0.5) is 4.79 Å². The summed E-state index contributed by atoms with van der Waals surface area (Å²) < 4.78 is 5.21. The van der Waals surface area contributed by atoms with Crippen molar-refractivity contribution in [2.24, 2.45) is 5.92 Å². The lowest BCUT2D eigenvalue weighted by atomic mass is 9.96. The zero-order chi connectivity index (χ0) is 28.7. The number of benzene rings is 3. The third kappa shape index (κ3) is 8.55. The van der Waals surface area contributed by atoms with Gasteiger partial charge in [0.05, 0.1) is 6.54 Å². The molecule has 0 radical (unpaired) electrons. The van der Waals surface area contributed by atoms with E-state index in [1.165, 1.54) is 4.90 Å². The molecule has 2 atom stereocenters. The van der Waals surface area contributed by atoms with E-state index in [4.69, 9.17) is 4.74 Å². The molecule has 39 heavy (non-hydrogen) atoms. The topological polar surface area (TPSA) is 116 Å². The molecule has 0 aromatic heterocycles. The van der Waals surface area contributed by atoms with Crippen molar-refractivity contribution in [3.8, 4) is 11.1 Å². The first kappa shape index (κ1) is 29.6. The van der Waals surface area contributed by atoms with Gasteiger partial charge in [0.25, 0.3) is 0 Å². The number of urea groups is 1. The molecular formula is C31H38N2O6. The molecule has 2 amide bonds. The number of carbonyl (C=O) groups is 3. The number of fused-ring (bicyclic) bond motifs is 1. The highest BCUT2D eigenvalue weighted by molar-refractivity contribution is 5.96. The number of hydrogen-bond donors (Lipinski definition) is 3. The summed E-state index contributed by atoms with van der Waals surface area (Å²) in [4.78, 5) is 38.6. The van der Waals surface area contributed by atoms with Crippen molar-refractivity contribution < 1.29 is 29.3 Å². The minimum absolute atomic E-state index is 0.0199. The molecule has 3 N–H and O–H groups in total. The fraction of sp³-hybridized carbons (Fsp3) is 0.387. The molecule has 3 rings (SSSR count). The van der Waals surface area contributed by atoms with Gasteiger partial charge in [0.2, 0.25) is 0 Å². The minimum Gasteiger partial charge on any atom is -0.480 e. The molecule has 0 aliphatic rings. The molecule has 0 aliphatic carbocycles. The van der Waals surface area contributed by atoms with E-state index < -0.39 is 35.7 Å². The number of ether oxygens (including phenoxy) is 1. The summed E-state index contributed by atoms with van der Waals surface area (Å²) in [7, 11) is 0. The van der Waals surface area contributed by atoms with Crippen LogP contribution in [0.3, 0.4) is 0 Å². The summed E-state index contributed by atoms with van der Waals surface area (Å²) in [6, 6.07) is 20.0. The Balaban J connectivity index is 1.72. The van der Waals surface area contributed by atoms with Crippen LogP contribution in [0, 0.1) is 5.92 Å². The van der Waals surface area contributed by atoms with Gasteiger partial charge in [-0.25, -0.2) is 14.4 Å². The maximum absolute atomic E-state index is 13.1. The predicted molar refractivity (Wildman–Crippen MR) is 151 cm³/mol. The summed E-state index contributed by atoms with van der Waals surface area (Å²) in [5.74, 6) is -2.00. The van der Waals surface area contributed by atoms with E-state index in [2.05, 4.69) is 23.5 Å². The molecule has 0 spiro atoms. The molecule has 0 aliphatic heterocycles. The Morgan fingerprint density at radius 2 is 1.56 bits per heavy atom. The molecule has 0 bridgehead atoms. The highest BCUT2D eigenvalue weighted by Crippen LogP contribution is 2.28. The molecule has 0 unspecified atom stereocenters. The minimum atomic E-state index is -1.56. The third-order valence-electron chi connectivity index (χ3n) is 6.04. The van der Waals surface area contributed by atoms with Crippen LogP contribution in [0.1, 0.15) is 40.2 Å². The summed E-state index contributed by atoms with van der Waals surface area (Å²) in [5, 5.41) is 25.0. The van der Waals surface area contributed by atoms with Gasteiger partial charge in [0.1, 0.15) is 11.6 Å². The number of rotatable bonds is 10. The quantitative estimate of drug-likeness (QED) is 0.320. The molecule has 3 aromatic rings. The monoisotopic (exact) mass is 534 g/mol. The van der Waals surface area contributed by atoms with Gasteiger partial charge in [0.15, 0.2) is 6.10 Å². The fourth-order valence-corrected chi connectivity index (χ4v) is 4.31. The van der Waals surface area contributed by atoms with Crippen LogP contribution in [0.5, 0.6) is 0 Å². The fourth-order valence-electron chi connectivity index (χ4n) is 4.31. The first-order valence-electron chi connectivity index (χ1n) is 13.1. The van der Waals surface area contributed by atoms with Crippen molar-refractivity contribution in [1.29, 1.82) is 0 Å². The van der Waals surface area contributed by atoms with Gasteiger partial charge in [-0.3, -0.25) is 0 Å². The zero-order valence-electron chi connectivity index (χ0n) is 23.2. The van der Waals surface area contributed by atoms with Gasteiger partial charge >= 0.3 is 18.0 Å². The van der Waals surface area contributed by atoms with Gasteiger partial charge in [-0.2, -0.15) is 0 Å². The number of aliphatic hydroxyl groups excluding tert-OH is 1. The van der Waals surface area contributed by atoms with E-state index in [-0.39, 0.29) is 25.4 Å². The third-order valence-corrected chi connectivity index (χ3v) is 6.04. The summed E-state index contributed by atoms with van der Waals surface area (Å²) in [6.45, 7) is 8.72. The predicted octanol–water partition coefficient (Wildman–Crippen LogP) is 4.87. The Morgan fingerprint density at radius 3 is 2.18 bits per heavy atom.